The van der Waals surface area contributed by atoms with Crippen LogP contribution in [0.15, 0.2) is 0 Å². The summed E-state index contributed by atoms with van der Waals surface area (Å²) in [6.07, 6.45) is 6.18. The Labute approximate surface area is 111 Å². The van der Waals surface area contributed by atoms with E-state index in [0.717, 1.165) is 19.4 Å². The van der Waals surface area contributed by atoms with Crippen molar-refractivity contribution in [2.75, 3.05) is 19.7 Å². The second-order valence-corrected chi connectivity index (χ2v) is 5.66. The molecule has 1 amide bonds. The highest BCUT2D eigenvalue weighted by atomic mass is 16.3. The summed E-state index contributed by atoms with van der Waals surface area (Å²) in [6, 6.07) is 0.214. The third-order valence-corrected chi connectivity index (χ3v) is 3.95. The van der Waals surface area contributed by atoms with Gasteiger partial charge in [-0.1, -0.05) is 26.2 Å². The van der Waals surface area contributed by atoms with E-state index in [1.54, 1.807) is 0 Å². The van der Waals surface area contributed by atoms with E-state index >= 15 is 0 Å². The number of rotatable bonds is 7. The van der Waals surface area contributed by atoms with Crippen LogP contribution in [-0.2, 0) is 4.79 Å². The first-order chi connectivity index (χ1) is 8.62. The van der Waals surface area contributed by atoms with Crippen molar-refractivity contribution >= 4 is 5.91 Å². The summed E-state index contributed by atoms with van der Waals surface area (Å²) in [5, 5.41) is 15.8. The molecule has 0 heterocycles. The topological polar surface area (TPSA) is 61.4 Å². The molecule has 1 saturated carbocycles. The first-order valence-corrected chi connectivity index (χ1v) is 7.23. The van der Waals surface area contributed by atoms with Gasteiger partial charge in [-0.3, -0.25) is 4.79 Å². The van der Waals surface area contributed by atoms with Crippen molar-refractivity contribution in [1.29, 1.82) is 0 Å². The van der Waals surface area contributed by atoms with Crippen LogP contribution in [0.4, 0.5) is 0 Å². The maximum atomic E-state index is 11.8. The lowest BCUT2D eigenvalue weighted by molar-refractivity contribution is -0.122. The average molecular weight is 256 g/mol. The smallest absolute Gasteiger partial charge is 0.221 e. The molecule has 18 heavy (non-hydrogen) atoms. The second-order valence-electron chi connectivity index (χ2n) is 5.66. The van der Waals surface area contributed by atoms with E-state index < -0.39 is 0 Å². The fourth-order valence-corrected chi connectivity index (χ4v) is 2.75. The third-order valence-electron chi connectivity index (χ3n) is 3.95. The van der Waals surface area contributed by atoms with Gasteiger partial charge in [0.25, 0.3) is 0 Å². The van der Waals surface area contributed by atoms with E-state index in [9.17, 15) is 9.90 Å². The molecular formula is C14H28N2O2. The summed E-state index contributed by atoms with van der Waals surface area (Å²) in [5.41, 5.74) is -0.0602. The minimum absolute atomic E-state index is 0.0602. The van der Waals surface area contributed by atoms with Crippen LogP contribution >= 0.6 is 0 Å². The van der Waals surface area contributed by atoms with Crippen LogP contribution in [0.1, 0.15) is 52.4 Å². The molecular weight excluding hydrogens is 228 g/mol. The largest absolute Gasteiger partial charge is 0.396 e. The van der Waals surface area contributed by atoms with Crippen molar-refractivity contribution in [2.24, 2.45) is 5.41 Å². The zero-order chi connectivity index (χ0) is 13.4. The fraction of sp³-hybridized carbons (Fsp3) is 0.929. The Morgan fingerprint density at radius 2 is 2.00 bits per heavy atom. The van der Waals surface area contributed by atoms with E-state index in [-0.39, 0.29) is 24.0 Å². The van der Waals surface area contributed by atoms with Crippen LogP contribution in [0.5, 0.6) is 0 Å². The van der Waals surface area contributed by atoms with Crippen LogP contribution in [0, 0.1) is 5.41 Å². The quantitative estimate of drug-likeness (QED) is 0.646. The van der Waals surface area contributed by atoms with E-state index in [2.05, 4.69) is 10.6 Å². The van der Waals surface area contributed by atoms with Crippen LogP contribution < -0.4 is 10.6 Å². The number of aliphatic hydroxyl groups is 1. The Morgan fingerprint density at radius 1 is 1.33 bits per heavy atom. The summed E-state index contributed by atoms with van der Waals surface area (Å²) in [7, 11) is 0. The van der Waals surface area contributed by atoms with Crippen LogP contribution in [0.2, 0.25) is 0 Å². The minimum Gasteiger partial charge on any atom is -0.396 e. The van der Waals surface area contributed by atoms with Gasteiger partial charge in [0.05, 0.1) is 6.61 Å². The molecule has 1 aliphatic rings. The summed E-state index contributed by atoms with van der Waals surface area (Å²) in [6.45, 7) is 5.76. The Morgan fingerprint density at radius 3 is 2.56 bits per heavy atom. The predicted octanol–water partition coefficient (Wildman–Crippen LogP) is 1.43. The molecule has 0 spiro atoms. The summed E-state index contributed by atoms with van der Waals surface area (Å²) >= 11 is 0. The lowest BCUT2D eigenvalue weighted by atomic mass is 9.74. The van der Waals surface area contributed by atoms with Gasteiger partial charge >= 0.3 is 0 Å². The number of aliphatic hydroxyl groups excluding tert-OH is 1. The highest BCUT2D eigenvalue weighted by Crippen LogP contribution is 2.35. The Hall–Kier alpha value is -0.610. The molecule has 1 atom stereocenters. The highest BCUT2D eigenvalue weighted by molar-refractivity contribution is 5.76. The Bertz CT molecular complexity index is 250. The second kappa shape index (κ2) is 7.74. The molecule has 106 valence electrons. The molecule has 0 aromatic rings. The van der Waals surface area contributed by atoms with Crippen LogP contribution in [0.3, 0.4) is 0 Å². The highest BCUT2D eigenvalue weighted by Gasteiger charge is 2.31. The summed E-state index contributed by atoms with van der Waals surface area (Å²) < 4.78 is 0. The third kappa shape index (κ3) is 4.94. The Balaban J connectivity index is 2.31. The number of nitrogens with one attached hydrogen (secondary N) is 2. The first-order valence-electron chi connectivity index (χ1n) is 7.23. The van der Waals surface area contributed by atoms with Crippen molar-refractivity contribution in [1.82, 2.24) is 10.6 Å². The number of carbonyl (C=O) groups is 1. The molecule has 0 aromatic carbocycles. The minimum atomic E-state index is -0.0602. The SMILES string of the molecule is CCNC(C)CC(=O)NCC1(CO)CCCCC1. The normalized spacial score (nSPS) is 20.4. The van der Waals surface area contributed by atoms with E-state index in [1.165, 1.54) is 19.3 Å². The van der Waals surface area contributed by atoms with Gasteiger partial charge in [0.2, 0.25) is 5.91 Å². The van der Waals surface area contributed by atoms with E-state index in [1.807, 2.05) is 13.8 Å². The lowest BCUT2D eigenvalue weighted by Crippen LogP contribution is -2.43. The summed E-state index contributed by atoms with van der Waals surface area (Å²) in [4.78, 5) is 11.8. The van der Waals surface area contributed by atoms with Crippen LogP contribution in [-0.4, -0.2) is 36.8 Å². The molecule has 1 fully saturated rings. The van der Waals surface area contributed by atoms with Crippen LogP contribution in [0.25, 0.3) is 0 Å². The molecule has 0 aromatic heterocycles. The molecule has 3 N–H and O–H groups in total. The fourth-order valence-electron chi connectivity index (χ4n) is 2.75. The van der Waals surface area contributed by atoms with Crippen molar-refractivity contribution in [2.45, 2.75) is 58.4 Å². The molecule has 0 aliphatic heterocycles. The molecule has 1 rings (SSSR count). The zero-order valence-corrected chi connectivity index (χ0v) is 11.8. The molecule has 0 bridgehead atoms. The van der Waals surface area contributed by atoms with Gasteiger partial charge in [-0.25, -0.2) is 0 Å². The lowest BCUT2D eigenvalue weighted by Gasteiger charge is -2.35. The van der Waals surface area contributed by atoms with Gasteiger partial charge in [-0.15, -0.1) is 0 Å². The van der Waals surface area contributed by atoms with Gasteiger partial charge in [0.1, 0.15) is 0 Å². The molecule has 0 saturated heterocycles. The van der Waals surface area contributed by atoms with Crippen molar-refractivity contribution in [3.05, 3.63) is 0 Å². The van der Waals surface area contributed by atoms with Gasteiger partial charge in [0.15, 0.2) is 0 Å². The monoisotopic (exact) mass is 256 g/mol. The first kappa shape index (κ1) is 15.4. The molecule has 1 aliphatic carbocycles. The maximum absolute atomic E-state index is 11.8. The molecule has 4 nitrogen and oxygen atoms in total. The van der Waals surface area contributed by atoms with Gasteiger partial charge < -0.3 is 15.7 Å². The van der Waals surface area contributed by atoms with Crippen molar-refractivity contribution < 1.29 is 9.90 Å². The van der Waals surface area contributed by atoms with Crippen molar-refractivity contribution in [3.63, 3.8) is 0 Å². The zero-order valence-electron chi connectivity index (χ0n) is 11.8. The van der Waals surface area contributed by atoms with E-state index in [0.29, 0.717) is 13.0 Å². The van der Waals surface area contributed by atoms with E-state index in [4.69, 9.17) is 0 Å². The maximum Gasteiger partial charge on any atom is 0.221 e. The predicted molar refractivity (Wildman–Crippen MR) is 73.4 cm³/mol. The van der Waals surface area contributed by atoms with Gasteiger partial charge in [0, 0.05) is 24.4 Å². The summed E-state index contributed by atoms with van der Waals surface area (Å²) in [5.74, 6) is 0.0850. The number of hydrogen-bond acceptors (Lipinski definition) is 3. The standard InChI is InChI=1S/C14H28N2O2/c1-3-15-12(2)9-13(18)16-10-14(11-17)7-5-4-6-8-14/h12,15,17H,3-11H2,1-2H3,(H,16,18). The van der Waals surface area contributed by atoms with Gasteiger partial charge in [-0.05, 0) is 26.3 Å². The van der Waals surface area contributed by atoms with Crippen molar-refractivity contribution in [3.8, 4) is 0 Å². The number of carbonyl (C=O) groups excluding carboxylic acids is 1. The number of hydrogen-bond donors (Lipinski definition) is 3. The molecule has 4 heteroatoms. The average Bonchev–Trinajstić information content (AvgIpc) is 2.38. The Kier molecular flexibility index (Phi) is 6.65. The molecule has 0 radical (unpaired) electrons. The number of amides is 1. The molecule has 1 unspecified atom stereocenters. The van der Waals surface area contributed by atoms with Gasteiger partial charge in [-0.2, -0.15) is 0 Å².